The highest BCUT2D eigenvalue weighted by Crippen LogP contribution is 2.18. The zero-order chi connectivity index (χ0) is 15.3. The van der Waals surface area contributed by atoms with Crippen molar-refractivity contribution in [1.29, 1.82) is 0 Å². The number of methoxy groups -OCH3 is 1. The number of ether oxygens (including phenoxy) is 4. The van der Waals surface area contributed by atoms with Crippen LogP contribution in [0, 0.1) is 0 Å². The van der Waals surface area contributed by atoms with Gasteiger partial charge in [-0.2, -0.15) is 0 Å². The summed E-state index contributed by atoms with van der Waals surface area (Å²) in [4.78, 5) is 0. The molecule has 5 heteroatoms. The lowest BCUT2D eigenvalue weighted by atomic mass is 10.1. The van der Waals surface area contributed by atoms with Gasteiger partial charge in [0.25, 0.3) is 0 Å². The lowest BCUT2D eigenvalue weighted by Crippen LogP contribution is -2.12. The first kappa shape index (κ1) is 17.9. The third-order valence-corrected chi connectivity index (χ3v) is 2.86. The van der Waals surface area contributed by atoms with Gasteiger partial charge in [-0.3, -0.25) is 0 Å². The summed E-state index contributed by atoms with van der Waals surface area (Å²) < 4.78 is 21.0. The van der Waals surface area contributed by atoms with Crippen molar-refractivity contribution in [1.82, 2.24) is 0 Å². The fourth-order valence-corrected chi connectivity index (χ4v) is 1.77. The van der Waals surface area contributed by atoms with E-state index in [9.17, 15) is 5.11 Å². The Balaban J connectivity index is 2.11. The number of rotatable bonds is 12. The van der Waals surface area contributed by atoms with Crippen LogP contribution in [0.4, 0.5) is 0 Å². The normalized spacial score (nSPS) is 12.3. The van der Waals surface area contributed by atoms with E-state index in [2.05, 4.69) is 0 Å². The SMILES string of the molecule is CCOc1ccc(C(O)COCCOCCCOC)cc1. The zero-order valence-electron chi connectivity index (χ0n) is 12.9. The van der Waals surface area contributed by atoms with Gasteiger partial charge in [0.2, 0.25) is 0 Å². The molecular formula is C16H26O5. The first-order valence-corrected chi connectivity index (χ1v) is 7.33. The van der Waals surface area contributed by atoms with Crippen LogP contribution in [0.5, 0.6) is 5.75 Å². The Bertz CT molecular complexity index is 352. The number of hydrogen-bond donors (Lipinski definition) is 1. The summed E-state index contributed by atoms with van der Waals surface area (Å²) in [7, 11) is 1.67. The molecule has 0 amide bonds. The highest BCUT2D eigenvalue weighted by Gasteiger charge is 2.07. The maximum atomic E-state index is 9.99. The van der Waals surface area contributed by atoms with Gasteiger partial charge in [0, 0.05) is 20.3 Å². The highest BCUT2D eigenvalue weighted by molar-refractivity contribution is 5.28. The second-order valence-corrected chi connectivity index (χ2v) is 4.55. The van der Waals surface area contributed by atoms with Crippen molar-refractivity contribution in [2.75, 3.05) is 46.8 Å². The summed E-state index contributed by atoms with van der Waals surface area (Å²) in [6, 6.07) is 7.39. The number of aliphatic hydroxyl groups excluding tert-OH is 1. The maximum absolute atomic E-state index is 9.99. The third kappa shape index (κ3) is 8.02. The summed E-state index contributed by atoms with van der Waals surface area (Å²) in [6.07, 6.45) is 0.250. The van der Waals surface area contributed by atoms with Gasteiger partial charge in [-0.05, 0) is 31.0 Å². The molecule has 1 unspecified atom stereocenters. The molecule has 1 aromatic carbocycles. The minimum atomic E-state index is -0.630. The van der Waals surface area contributed by atoms with Gasteiger partial charge in [0.15, 0.2) is 0 Å². The van der Waals surface area contributed by atoms with Crippen molar-refractivity contribution in [3.63, 3.8) is 0 Å². The van der Waals surface area contributed by atoms with E-state index < -0.39 is 6.10 Å². The summed E-state index contributed by atoms with van der Waals surface area (Å²) in [5.41, 5.74) is 0.819. The summed E-state index contributed by atoms with van der Waals surface area (Å²) in [5.74, 6) is 0.804. The van der Waals surface area contributed by atoms with Crippen LogP contribution < -0.4 is 4.74 Å². The van der Waals surface area contributed by atoms with E-state index in [1.807, 2.05) is 31.2 Å². The Morgan fingerprint density at radius 1 is 1.00 bits per heavy atom. The van der Waals surface area contributed by atoms with Crippen LogP contribution in [0.1, 0.15) is 25.0 Å². The largest absolute Gasteiger partial charge is 0.494 e. The molecule has 0 radical (unpaired) electrons. The van der Waals surface area contributed by atoms with E-state index in [0.29, 0.717) is 33.0 Å². The van der Waals surface area contributed by atoms with Crippen molar-refractivity contribution in [3.8, 4) is 5.75 Å². The van der Waals surface area contributed by atoms with Crippen LogP contribution in [0.15, 0.2) is 24.3 Å². The molecule has 0 saturated heterocycles. The molecule has 0 heterocycles. The van der Waals surface area contributed by atoms with Crippen molar-refractivity contribution < 1.29 is 24.1 Å². The highest BCUT2D eigenvalue weighted by atomic mass is 16.5. The average molecular weight is 298 g/mol. The van der Waals surface area contributed by atoms with Gasteiger partial charge >= 0.3 is 0 Å². The van der Waals surface area contributed by atoms with E-state index >= 15 is 0 Å². The van der Waals surface area contributed by atoms with Crippen molar-refractivity contribution in [3.05, 3.63) is 29.8 Å². The second kappa shape index (κ2) is 11.5. The van der Waals surface area contributed by atoms with Crippen molar-refractivity contribution in [2.24, 2.45) is 0 Å². The lowest BCUT2D eigenvalue weighted by molar-refractivity contribution is 0.000490. The molecular weight excluding hydrogens is 272 g/mol. The number of aliphatic hydroxyl groups is 1. The summed E-state index contributed by atoms with van der Waals surface area (Å²) in [6.45, 7) is 5.20. The Morgan fingerprint density at radius 3 is 2.38 bits per heavy atom. The monoisotopic (exact) mass is 298 g/mol. The summed E-state index contributed by atoms with van der Waals surface area (Å²) >= 11 is 0. The van der Waals surface area contributed by atoms with E-state index in [1.165, 1.54) is 0 Å². The molecule has 21 heavy (non-hydrogen) atoms. The minimum absolute atomic E-state index is 0.259. The topological polar surface area (TPSA) is 57.2 Å². The number of hydrogen-bond acceptors (Lipinski definition) is 5. The average Bonchev–Trinajstić information content (AvgIpc) is 2.51. The summed E-state index contributed by atoms with van der Waals surface area (Å²) in [5, 5.41) is 9.99. The Kier molecular flexibility index (Phi) is 9.82. The van der Waals surface area contributed by atoms with Gasteiger partial charge in [0.1, 0.15) is 11.9 Å². The molecule has 0 fully saturated rings. The van der Waals surface area contributed by atoms with Crippen LogP contribution in [-0.2, 0) is 14.2 Å². The molecule has 0 bridgehead atoms. The molecule has 120 valence electrons. The van der Waals surface area contributed by atoms with Gasteiger partial charge in [-0.15, -0.1) is 0 Å². The molecule has 1 atom stereocenters. The molecule has 0 aromatic heterocycles. The van der Waals surface area contributed by atoms with Crippen molar-refractivity contribution >= 4 is 0 Å². The van der Waals surface area contributed by atoms with Crippen LogP contribution in [0.2, 0.25) is 0 Å². The van der Waals surface area contributed by atoms with Gasteiger partial charge < -0.3 is 24.1 Å². The quantitative estimate of drug-likeness (QED) is 0.599. The number of benzene rings is 1. The van der Waals surface area contributed by atoms with Crippen LogP contribution in [0.25, 0.3) is 0 Å². The lowest BCUT2D eigenvalue weighted by Gasteiger charge is -2.12. The smallest absolute Gasteiger partial charge is 0.119 e. The maximum Gasteiger partial charge on any atom is 0.119 e. The molecule has 0 spiro atoms. The van der Waals surface area contributed by atoms with Crippen LogP contribution >= 0.6 is 0 Å². The molecule has 1 aromatic rings. The van der Waals surface area contributed by atoms with Crippen LogP contribution in [0.3, 0.4) is 0 Å². The Labute approximate surface area is 126 Å². The molecule has 0 aliphatic rings. The van der Waals surface area contributed by atoms with E-state index in [1.54, 1.807) is 7.11 Å². The molecule has 0 aliphatic carbocycles. The first-order chi connectivity index (χ1) is 10.3. The van der Waals surface area contributed by atoms with Crippen LogP contribution in [-0.4, -0.2) is 51.9 Å². The molecule has 1 rings (SSSR count). The Hall–Kier alpha value is -1.14. The fourth-order valence-electron chi connectivity index (χ4n) is 1.77. The predicted molar refractivity (Wildman–Crippen MR) is 80.7 cm³/mol. The Morgan fingerprint density at radius 2 is 1.71 bits per heavy atom. The predicted octanol–water partition coefficient (Wildman–Crippen LogP) is 2.19. The van der Waals surface area contributed by atoms with E-state index in [0.717, 1.165) is 17.7 Å². The minimum Gasteiger partial charge on any atom is -0.494 e. The molecule has 0 saturated carbocycles. The third-order valence-electron chi connectivity index (χ3n) is 2.86. The van der Waals surface area contributed by atoms with Gasteiger partial charge in [-0.25, -0.2) is 0 Å². The molecule has 5 nitrogen and oxygen atoms in total. The van der Waals surface area contributed by atoms with Gasteiger partial charge in [-0.1, -0.05) is 12.1 Å². The van der Waals surface area contributed by atoms with Crippen molar-refractivity contribution in [2.45, 2.75) is 19.4 Å². The molecule has 0 aliphatic heterocycles. The van der Waals surface area contributed by atoms with E-state index in [4.69, 9.17) is 18.9 Å². The standard InChI is InChI=1S/C16H26O5/c1-3-21-15-7-5-14(6-8-15)16(17)13-20-12-11-19-10-4-9-18-2/h5-8,16-17H,3-4,9-13H2,1-2H3. The molecule has 1 N–H and O–H groups in total. The first-order valence-electron chi connectivity index (χ1n) is 7.33. The van der Waals surface area contributed by atoms with E-state index in [-0.39, 0.29) is 6.61 Å². The second-order valence-electron chi connectivity index (χ2n) is 4.55. The zero-order valence-corrected chi connectivity index (χ0v) is 12.9. The fraction of sp³-hybridized carbons (Fsp3) is 0.625. The van der Waals surface area contributed by atoms with Gasteiger partial charge in [0.05, 0.1) is 26.4 Å².